The van der Waals surface area contributed by atoms with Gasteiger partial charge in [0, 0.05) is 46.8 Å². The molecule has 1 saturated heterocycles. The summed E-state index contributed by atoms with van der Waals surface area (Å²) in [4.78, 5) is 15.0. The predicted octanol–water partition coefficient (Wildman–Crippen LogP) is 6.08. The number of carbonyl (C=O) groups excluding carboxylic acids is 1. The topological polar surface area (TPSA) is 110 Å². The van der Waals surface area contributed by atoms with Crippen LogP contribution < -0.4 is 4.90 Å². The van der Waals surface area contributed by atoms with Crippen molar-refractivity contribution < 1.29 is 27.6 Å². The number of ketones is 1. The maximum Gasteiger partial charge on any atom is 0.177 e. The van der Waals surface area contributed by atoms with Crippen LogP contribution in [0.1, 0.15) is 66.6 Å². The Labute approximate surface area is 255 Å². The minimum atomic E-state index is -3.57. The van der Waals surface area contributed by atoms with Gasteiger partial charge in [0.1, 0.15) is 17.2 Å². The molecule has 0 spiro atoms. The van der Waals surface area contributed by atoms with E-state index in [9.17, 15) is 18.3 Å². The molecule has 8 nitrogen and oxygen atoms in total. The van der Waals surface area contributed by atoms with E-state index in [0.29, 0.717) is 51.4 Å². The van der Waals surface area contributed by atoms with Crippen molar-refractivity contribution in [1.29, 1.82) is 0 Å². The SMILES string of the molecule is CC(O)CCS(=O)(=O)CC(=O)c1ccc(N2C[C@@H]3C[C@H]2C[C@H]3OCc2c(-c3c(Cl)cccc3Cl)noc2C2CC2)cc1. The highest BCUT2D eigenvalue weighted by Crippen LogP contribution is 2.47. The third kappa shape index (κ3) is 6.26. The van der Waals surface area contributed by atoms with E-state index in [2.05, 4.69) is 10.1 Å². The van der Waals surface area contributed by atoms with Crippen molar-refractivity contribution in [2.24, 2.45) is 5.92 Å². The Morgan fingerprint density at radius 3 is 2.48 bits per heavy atom. The first-order valence-corrected chi connectivity index (χ1v) is 17.0. The Balaban J connectivity index is 1.08. The van der Waals surface area contributed by atoms with Gasteiger partial charge < -0.3 is 19.3 Å². The highest BCUT2D eigenvalue weighted by Gasteiger charge is 2.45. The number of halogens is 2. The molecule has 2 aromatic carbocycles. The number of carbonyl (C=O) groups is 1. The number of fused-ring (bicyclic) bond motifs is 2. The van der Waals surface area contributed by atoms with Crippen LogP contribution in [0.2, 0.25) is 10.0 Å². The average Bonchev–Trinajstić information content (AvgIpc) is 3.40. The third-order valence-corrected chi connectivity index (χ3v) is 10.8. The van der Waals surface area contributed by atoms with Gasteiger partial charge in [-0.15, -0.1) is 0 Å². The van der Waals surface area contributed by atoms with Crippen LogP contribution >= 0.6 is 23.2 Å². The molecule has 3 fully saturated rings. The van der Waals surface area contributed by atoms with Crippen molar-refractivity contribution in [2.75, 3.05) is 23.0 Å². The number of hydrogen-bond donors (Lipinski definition) is 1. The largest absolute Gasteiger partial charge is 0.393 e. The maximum absolute atomic E-state index is 12.6. The second-order valence-corrected chi connectivity index (χ2v) is 14.8. The van der Waals surface area contributed by atoms with Crippen LogP contribution in [0.4, 0.5) is 5.69 Å². The molecule has 1 N–H and O–H groups in total. The molecule has 11 heteroatoms. The fraction of sp³-hybridized carbons (Fsp3) is 0.484. The Hall–Kier alpha value is -2.43. The minimum Gasteiger partial charge on any atom is -0.393 e. The number of ether oxygens (including phenoxy) is 1. The summed E-state index contributed by atoms with van der Waals surface area (Å²) in [5.74, 6) is 0.415. The van der Waals surface area contributed by atoms with E-state index in [0.717, 1.165) is 49.2 Å². The lowest BCUT2D eigenvalue weighted by Crippen LogP contribution is -2.38. The number of piperidine rings is 1. The summed E-state index contributed by atoms with van der Waals surface area (Å²) >= 11 is 13.0. The van der Waals surface area contributed by atoms with Crippen molar-refractivity contribution in [2.45, 2.75) is 69.8 Å². The number of aromatic nitrogens is 1. The fourth-order valence-electron chi connectivity index (χ4n) is 6.21. The van der Waals surface area contributed by atoms with Crippen LogP contribution in [0.3, 0.4) is 0 Å². The predicted molar refractivity (Wildman–Crippen MR) is 162 cm³/mol. The molecule has 0 amide bonds. The first kappa shape index (κ1) is 29.6. The highest BCUT2D eigenvalue weighted by atomic mass is 35.5. The van der Waals surface area contributed by atoms with Crippen LogP contribution in [0.5, 0.6) is 0 Å². The number of aliphatic hydroxyl groups is 1. The van der Waals surface area contributed by atoms with Gasteiger partial charge in [-0.3, -0.25) is 4.79 Å². The summed E-state index contributed by atoms with van der Waals surface area (Å²) < 4.78 is 36.8. The van der Waals surface area contributed by atoms with Crippen molar-refractivity contribution in [1.82, 2.24) is 5.16 Å². The van der Waals surface area contributed by atoms with Crippen LogP contribution in [0, 0.1) is 5.92 Å². The number of Topliss-reactive ketones (excluding diaryl/α,β-unsaturated/α-hetero) is 1. The van der Waals surface area contributed by atoms with Gasteiger partial charge in [-0.05, 0) is 75.4 Å². The molecule has 2 aliphatic carbocycles. The molecule has 2 saturated carbocycles. The average molecular weight is 634 g/mol. The number of nitrogens with zero attached hydrogens (tertiary/aromatic N) is 2. The molecule has 3 aromatic rings. The van der Waals surface area contributed by atoms with Gasteiger partial charge in [-0.1, -0.05) is 34.4 Å². The standard InChI is InChI=1S/C31H34Cl2N2O6S/c1-18(36)11-12-42(38,39)17-27(37)19-7-9-22(10-8-19)35-15-21-13-23(35)14-28(21)40-16-24-30(34-41-31(24)20-5-6-20)29-25(32)3-2-4-26(29)33/h2-4,7-10,18,20-21,23,28,36H,5-6,11-17H2,1H3/t18?,21-,23-,28+/m0/s1. The number of hydrogen-bond acceptors (Lipinski definition) is 8. The summed E-state index contributed by atoms with van der Waals surface area (Å²) in [5.41, 5.74) is 3.65. The van der Waals surface area contributed by atoms with Gasteiger partial charge in [-0.25, -0.2) is 8.42 Å². The van der Waals surface area contributed by atoms with Crippen LogP contribution in [0.15, 0.2) is 47.0 Å². The van der Waals surface area contributed by atoms with Crippen molar-refractivity contribution >= 4 is 44.5 Å². The summed E-state index contributed by atoms with van der Waals surface area (Å²) in [6, 6.07) is 12.9. The molecule has 6 rings (SSSR count). The number of benzene rings is 2. The Morgan fingerprint density at radius 2 is 1.86 bits per heavy atom. The third-order valence-electron chi connectivity index (χ3n) is 8.60. The minimum absolute atomic E-state index is 0.107. The van der Waals surface area contributed by atoms with Crippen LogP contribution in [-0.2, 0) is 21.2 Å². The normalized spacial score (nSPS) is 22.6. The molecule has 42 heavy (non-hydrogen) atoms. The Bertz CT molecular complexity index is 1550. The highest BCUT2D eigenvalue weighted by molar-refractivity contribution is 7.92. The van der Waals surface area contributed by atoms with E-state index < -0.39 is 27.5 Å². The van der Waals surface area contributed by atoms with E-state index >= 15 is 0 Å². The van der Waals surface area contributed by atoms with Crippen LogP contribution in [0.25, 0.3) is 11.3 Å². The molecule has 3 aliphatic rings. The fourth-order valence-corrected chi connectivity index (χ4v) is 8.20. The first-order valence-electron chi connectivity index (χ1n) is 14.4. The molecule has 2 heterocycles. The van der Waals surface area contributed by atoms with Gasteiger partial charge in [0.25, 0.3) is 0 Å². The van der Waals surface area contributed by atoms with E-state index in [4.69, 9.17) is 32.5 Å². The molecule has 4 atom stereocenters. The van der Waals surface area contributed by atoms with E-state index in [-0.39, 0.29) is 18.3 Å². The Morgan fingerprint density at radius 1 is 1.14 bits per heavy atom. The van der Waals surface area contributed by atoms with Gasteiger partial charge in [-0.2, -0.15) is 0 Å². The molecule has 1 unspecified atom stereocenters. The number of anilines is 1. The molecule has 224 valence electrons. The molecular formula is C31H34Cl2N2O6S. The number of aliphatic hydroxyl groups excluding tert-OH is 1. The quantitative estimate of drug-likeness (QED) is 0.239. The monoisotopic (exact) mass is 632 g/mol. The van der Waals surface area contributed by atoms with Gasteiger partial charge in [0.15, 0.2) is 15.6 Å². The van der Waals surface area contributed by atoms with Gasteiger partial charge in [0.2, 0.25) is 0 Å². The van der Waals surface area contributed by atoms with Gasteiger partial charge in [0.05, 0.1) is 34.6 Å². The summed E-state index contributed by atoms with van der Waals surface area (Å²) in [7, 11) is -3.57. The summed E-state index contributed by atoms with van der Waals surface area (Å²) in [5, 5.41) is 14.8. The lowest BCUT2D eigenvalue weighted by atomic mass is 10.0. The second-order valence-electron chi connectivity index (χ2n) is 11.8. The first-order chi connectivity index (χ1) is 20.1. The Kier molecular flexibility index (Phi) is 8.41. The number of rotatable bonds is 12. The van der Waals surface area contributed by atoms with Crippen molar-refractivity contribution in [3.8, 4) is 11.3 Å². The zero-order chi connectivity index (χ0) is 29.6. The molecule has 0 radical (unpaired) electrons. The molecular weight excluding hydrogens is 599 g/mol. The van der Waals surface area contributed by atoms with Gasteiger partial charge >= 0.3 is 0 Å². The summed E-state index contributed by atoms with van der Waals surface area (Å²) in [6.07, 6.45) is 3.56. The summed E-state index contributed by atoms with van der Waals surface area (Å²) in [6.45, 7) is 2.77. The van der Waals surface area contributed by atoms with Crippen molar-refractivity contribution in [3.05, 3.63) is 69.4 Å². The van der Waals surface area contributed by atoms with E-state index in [1.165, 1.54) is 6.92 Å². The maximum atomic E-state index is 12.6. The smallest absolute Gasteiger partial charge is 0.177 e. The lowest BCUT2D eigenvalue weighted by molar-refractivity contribution is 0.0122. The zero-order valence-corrected chi connectivity index (χ0v) is 25.7. The lowest BCUT2D eigenvalue weighted by Gasteiger charge is -2.33. The molecule has 1 aliphatic heterocycles. The molecule has 2 bridgehead atoms. The second kappa shape index (κ2) is 11.9. The van der Waals surface area contributed by atoms with Crippen molar-refractivity contribution in [3.63, 3.8) is 0 Å². The zero-order valence-electron chi connectivity index (χ0n) is 23.3. The molecule has 1 aromatic heterocycles. The van der Waals surface area contributed by atoms with E-state index in [1.807, 2.05) is 18.2 Å². The number of sulfone groups is 1. The van der Waals surface area contributed by atoms with E-state index in [1.54, 1.807) is 24.3 Å². The van der Waals surface area contributed by atoms with Crippen LogP contribution in [-0.4, -0.2) is 60.8 Å².